The van der Waals surface area contributed by atoms with Gasteiger partial charge in [-0.2, -0.15) is 0 Å². The van der Waals surface area contributed by atoms with E-state index in [9.17, 15) is 9.59 Å². The highest BCUT2D eigenvalue weighted by molar-refractivity contribution is 6.31. The van der Waals surface area contributed by atoms with Crippen molar-refractivity contribution in [3.63, 3.8) is 0 Å². The van der Waals surface area contributed by atoms with Gasteiger partial charge >= 0.3 is 0 Å². The van der Waals surface area contributed by atoms with Crippen LogP contribution in [0.1, 0.15) is 5.56 Å². The summed E-state index contributed by atoms with van der Waals surface area (Å²) in [6.45, 7) is 1.59. The fourth-order valence-corrected chi connectivity index (χ4v) is 2.71. The van der Waals surface area contributed by atoms with Crippen LogP contribution in [0, 0.1) is 6.92 Å². The molecule has 3 aromatic rings. The van der Waals surface area contributed by atoms with Crippen LogP contribution in [0.25, 0.3) is 0 Å². The maximum atomic E-state index is 12.2. The van der Waals surface area contributed by atoms with E-state index in [1.54, 1.807) is 54.6 Å². The molecule has 3 aromatic carbocycles. The summed E-state index contributed by atoms with van der Waals surface area (Å²) in [7, 11) is 0. The largest absolute Gasteiger partial charge is 0.484 e. The fourth-order valence-electron chi connectivity index (χ4n) is 2.59. The van der Waals surface area contributed by atoms with Gasteiger partial charge in [-0.3, -0.25) is 9.59 Å². The van der Waals surface area contributed by atoms with E-state index in [4.69, 9.17) is 21.1 Å². The molecule has 0 aliphatic carbocycles. The van der Waals surface area contributed by atoms with E-state index < -0.39 is 0 Å². The molecule has 0 aliphatic heterocycles. The molecule has 7 heteroatoms. The molecule has 30 heavy (non-hydrogen) atoms. The molecular weight excluding hydrogens is 404 g/mol. The van der Waals surface area contributed by atoms with Crippen LogP contribution in [0.4, 0.5) is 11.4 Å². The first-order valence-corrected chi connectivity index (χ1v) is 9.64. The molecule has 0 saturated heterocycles. The number of halogens is 1. The summed E-state index contributed by atoms with van der Waals surface area (Å²) in [6, 6.07) is 21.1. The summed E-state index contributed by atoms with van der Waals surface area (Å²) in [6.07, 6.45) is 0. The third-order valence-corrected chi connectivity index (χ3v) is 4.47. The van der Waals surface area contributed by atoms with Crippen LogP contribution >= 0.6 is 11.6 Å². The van der Waals surface area contributed by atoms with Crippen molar-refractivity contribution in [3.8, 4) is 11.5 Å². The average Bonchev–Trinajstić information content (AvgIpc) is 2.74. The lowest BCUT2D eigenvalue weighted by Gasteiger charge is -2.11. The summed E-state index contributed by atoms with van der Waals surface area (Å²) in [4.78, 5) is 24.2. The molecule has 6 nitrogen and oxygen atoms in total. The smallest absolute Gasteiger partial charge is 0.262 e. The van der Waals surface area contributed by atoms with E-state index in [2.05, 4.69) is 10.6 Å². The molecule has 0 atom stereocenters. The Bertz CT molecular complexity index is 1020. The Morgan fingerprint density at radius 1 is 0.767 bits per heavy atom. The zero-order valence-corrected chi connectivity index (χ0v) is 17.1. The Kier molecular flexibility index (Phi) is 7.29. The number of carbonyl (C=O) groups is 2. The summed E-state index contributed by atoms with van der Waals surface area (Å²) in [5.74, 6) is 0.554. The van der Waals surface area contributed by atoms with Crippen LogP contribution in [0.15, 0.2) is 72.8 Å². The zero-order chi connectivity index (χ0) is 21.3. The van der Waals surface area contributed by atoms with Crippen molar-refractivity contribution >= 4 is 34.8 Å². The quantitative estimate of drug-likeness (QED) is 0.550. The Hall–Kier alpha value is -3.51. The highest BCUT2D eigenvalue weighted by atomic mass is 35.5. The predicted octanol–water partition coefficient (Wildman–Crippen LogP) is 4.68. The Morgan fingerprint density at radius 3 is 1.97 bits per heavy atom. The highest BCUT2D eigenvalue weighted by Crippen LogP contribution is 2.21. The lowest BCUT2D eigenvalue weighted by Crippen LogP contribution is -2.21. The maximum absolute atomic E-state index is 12.2. The van der Waals surface area contributed by atoms with Gasteiger partial charge in [0.15, 0.2) is 13.2 Å². The molecule has 0 radical (unpaired) electrons. The number of benzene rings is 3. The Labute approximate surface area is 179 Å². The van der Waals surface area contributed by atoms with Gasteiger partial charge in [-0.1, -0.05) is 35.9 Å². The minimum atomic E-state index is -0.321. The molecule has 0 aromatic heterocycles. The number of para-hydroxylation sites is 1. The number of aryl methyl sites for hydroxylation is 1. The number of ether oxygens (including phenoxy) is 2. The second kappa shape index (κ2) is 10.3. The average molecular weight is 425 g/mol. The molecular formula is C23H21ClN2O4. The Morgan fingerprint density at radius 2 is 1.37 bits per heavy atom. The van der Waals surface area contributed by atoms with Crippen molar-refractivity contribution in [2.24, 2.45) is 0 Å². The second-order valence-corrected chi connectivity index (χ2v) is 6.89. The second-order valence-electron chi connectivity index (χ2n) is 6.48. The summed E-state index contributed by atoms with van der Waals surface area (Å²) >= 11 is 5.98. The van der Waals surface area contributed by atoms with Gasteiger partial charge in [-0.05, 0) is 61.0 Å². The van der Waals surface area contributed by atoms with Crippen LogP contribution in [-0.4, -0.2) is 25.0 Å². The van der Waals surface area contributed by atoms with Crippen LogP contribution in [0.5, 0.6) is 11.5 Å². The standard InChI is InChI=1S/C23H21ClN2O4/c1-16-12-20(10-11-21(16)24)30-15-23(28)26-18-7-5-6-17(13-18)25-22(27)14-29-19-8-3-2-4-9-19/h2-13H,14-15H2,1H3,(H,25,27)(H,26,28). The van der Waals surface area contributed by atoms with Gasteiger partial charge in [0.1, 0.15) is 11.5 Å². The third-order valence-electron chi connectivity index (χ3n) is 4.04. The van der Waals surface area contributed by atoms with Gasteiger partial charge in [-0.25, -0.2) is 0 Å². The first kappa shape index (κ1) is 21.2. The fraction of sp³-hybridized carbons (Fsp3) is 0.130. The topological polar surface area (TPSA) is 76.7 Å². The van der Waals surface area contributed by atoms with Crippen molar-refractivity contribution in [2.45, 2.75) is 6.92 Å². The van der Waals surface area contributed by atoms with Gasteiger partial charge in [0.05, 0.1) is 0 Å². The van der Waals surface area contributed by atoms with Gasteiger partial charge < -0.3 is 20.1 Å². The zero-order valence-electron chi connectivity index (χ0n) is 16.4. The van der Waals surface area contributed by atoms with E-state index in [0.29, 0.717) is 27.9 Å². The van der Waals surface area contributed by atoms with E-state index in [0.717, 1.165) is 5.56 Å². The summed E-state index contributed by atoms with van der Waals surface area (Å²) in [5.41, 5.74) is 1.95. The SMILES string of the molecule is Cc1cc(OCC(=O)Nc2cccc(NC(=O)COc3ccccc3)c2)ccc1Cl. The first-order valence-electron chi connectivity index (χ1n) is 9.26. The van der Waals surface area contributed by atoms with E-state index in [1.807, 2.05) is 25.1 Å². The normalized spacial score (nSPS) is 10.2. The van der Waals surface area contributed by atoms with Crippen LogP contribution in [0.2, 0.25) is 5.02 Å². The van der Waals surface area contributed by atoms with E-state index >= 15 is 0 Å². The Balaban J connectivity index is 1.48. The van der Waals surface area contributed by atoms with E-state index in [1.165, 1.54) is 0 Å². The molecule has 0 fully saturated rings. The maximum Gasteiger partial charge on any atom is 0.262 e. The lowest BCUT2D eigenvalue weighted by atomic mass is 10.2. The van der Waals surface area contributed by atoms with Crippen molar-refractivity contribution < 1.29 is 19.1 Å². The van der Waals surface area contributed by atoms with Gasteiger partial charge in [0, 0.05) is 16.4 Å². The number of carbonyl (C=O) groups excluding carboxylic acids is 2. The molecule has 154 valence electrons. The van der Waals surface area contributed by atoms with Crippen molar-refractivity contribution in [1.82, 2.24) is 0 Å². The number of amides is 2. The third kappa shape index (κ3) is 6.53. The number of rotatable bonds is 8. The molecule has 2 N–H and O–H groups in total. The minimum Gasteiger partial charge on any atom is -0.484 e. The molecule has 0 unspecified atom stereocenters. The van der Waals surface area contributed by atoms with Crippen LogP contribution in [0.3, 0.4) is 0 Å². The first-order chi connectivity index (χ1) is 14.5. The molecule has 0 saturated carbocycles. The van der Waals surface area contributed by atoms with Crippen molar-refractivity contribution in [3.05, 3.63) is 83.4 Å². The highest BCUT2D eigenvalue weighted by Gasteiger charge is 2.08. The molecule has 2 amide bonds. The van der Waals surface area contributed by atoms with Gasteiger partial charge in [-0.15, -0.1) is 0 Å². The molecule has 0 heterocycles. The van der Waals surface area contributed by atoms with Crippen molar-refractivity contribution in [2.75, 3.05) is 23.8 Å². The van der Waals surface area contributed by atoms with Crippen LogP contribution in [-0.2, 0) is 9.59 Å². The summed E-state index contributed by atoms with van der Waals surface area (Å²) in [5, 5.41) is 6.11. The monoisotopic (exact) mass is 424 g/mol. The molecule has 3 rings (SSSR count). The minimum absolute atomic E-state index is 0.116. The van der Waals surface area contributed by atoms with Gasteiger partial charge in [0.2, 0.25) is 0 Å². The van der Waals surface area contributed by atoms with E-state index in [-0.39, 0.29) is 25.0 Å². The van der Waals surface area contributed by atoms with Crippen molar-refractivity contribution in [1.29, 1.82) is 0 Å². The number of hydrogen-bond acceptors (Lipinski definition) is 4. The number of nitrogens with one attached hydrogen (secondary N) is 2. The molecule has 0 aliphatic rings. The number of hydrogen-bond donors (Lipinski definition) is 2. The molecule has 0 spiro atoms. The summed E-state index contributed by atoms with van der Waals surface area (Å²) < 4.78 is 10.9. The number of anilines is 2. The molecule has 0 bridgehead atoms. The van der Waals surface area contributed by atoms with Gasteiger partial charge in [0.25, 0.3) is 11.8 Å². The predicted molar refractivity (Wildman–Crippen MR) is 117 cm³/mol. The lowest BCUT2D eigenvalue weighted by molar-refractivity contribution is -0.118. The van der Waals surface area contributed by atoms with Crippen LogP contribution < -0.4 is 20.1 Å².